The third kappa shape index (κ3) is 2.25. The Morgan fingerprint density at radius 1 is 1.22 bits per heavy atom. The highest BCUT2D eigenvalue weighted by Crippen LogP contribution is 2.29. The van der Waals surface area contributed by atoms with Crippen LogP contribution in [0.5, 0.6) is 5.75 Å². The first-order chi connectivity index (χ1) is 11.2. The molecule has 1 atom stereocenters. The fourth-order valence-corrected chi connectivity index (χ4v) is 3.07. The second-order valence-electron chi connectivity index (χ2n) is 5.85. The predicted molar refractivity (Wildman–Crippen MR) is 87.8 cm³/mol. The quantitative estimate of drug-likeness (QED) is 0.808. The number of carbonyl (C=O) groups excluding carboxylic acids is 1. The molecule has 3 aromatic rings. The summed E-state index contributed by atoms with van der Waals surface area (Å²) in [7, 11) is 1.65. The van der Waals surface area contributed by atoms with Gasteiger partial charge in [0.05, 0.1) is 24.2 Å². The molecule has 0 saturated heterocycles. The zero-order valence-corrected chi connectivity index (χ0v) is 13.0. The van der Waals surface area contributed by atoms with E-state index in [1.807, 2.05) is 49.4 Å². The summed E-state index contributed by atoms with van der Waals surface area (Å²) in [5, 5.41) is 3.02. The summed E-state index contributed by atoms with van der Waals surface area (Å²) in [6.07, 6.45) is 0.706. The molecule has 0 bridgehead atoms. The molecule has 23 heavy (non-hydrogen) atoms. The molecule has 1 aliphatic heterocycles. The minimum Gasteiger partial charge on any atom is -0.497 e. The van der Waals surface area contributed by atoms with Crippen LogP contribution in [0.25, 0.3) is 11.0 Å². The fourth-order valence-electron chi connectivity index (χ4n) is 3.07. The zero-order chi connectivity index (χ0) is 16.0. The molecule has 1 aromatic heterocycles. The Bertz CT molecular complexity index is 897. The SMILES string of the molecule is COc1ccc(C[C@H]2NC(=O)n3c2nc2ccc(C)cc23)cc1. The number of nitrogens with zero attached hydrogens (tertiary/aromatic N) is 2. The molecule has 0 fully saturated rings. The lowest BCUT2D eigenvalue weighted by atomic mass is 10.1. The molecule has 0 aliphatic carbocycles. The van der Waals surface area contributed by atoms with Crippen molar-refractivity contribution in [3.8, 4) is 5.75 Å². The van der Waals surface area contributed by atoms with Crippen LogP contribution in [0.15, 0.2) is 42.5 Å². The molecule has 0 radical (unpaired) electrons. The van der Waals surface area contributed by atoms with Gasteiger partial charge in [-0.05, 0) is 48.7 Å². The lowest BCUT2D eigenvalue weighted by Crippen LogP contribution is -2.22. The summed E-state index contributed by atoms with van der Waals surface area (Å²) in [6.45, 7) is 2.01. The van der Waals surface area contributed by atoms with Crippen LogP contribution in [-0.2, 0) is 6.42 Å². The number of hydrogen-bond donors (Lipinski definition) is 1. The molecule has 5 heteroatoms. The maximum absolute atomic E-state index is 12.3. The van der Waals surface area contributed by atoms with Crippen LogP contribution in [0.1, 0.15) is 23.0 Å². The van der Waals surface area contributed by atoms with E-state index < -0.39 is 0 Å². The van der Waals surface area contributed by atoms with Crippen molar-refractivity contribution in [2.45, 2.75) is 19.4 Å². The van der Waals surface area contributed by atoms with Crippen LogP contribution in [0.4, 0.5) is 4.79 Å². The maximum atomic E-state index is 12.3. The fraction of sp³-hybridized carbons (Fsp3) is 0.222. The van der Waals surface area contributed by atoms with Crippen molar-refractivity contribution in [1.82, 2.24) is 14.9 Å². The van der Waals surface area contributed by atoms with Gasteiger partial charge in [0.1, 0.15) is 11.6 Å². The molecule has 2 heterocycles. The third-order valence-electron chi connectivity index (χ3n) is 4.25. The second-order valence-corrected chi connectivity index (χ2v) is 5.85. The summed E-state index contributed by atoms with van der Waals surface area (Å²) in [6, 6.07) is 13.7. The van der Waals surface area contributed by atoms with Crippen molar-refractivity contribution >= 4 is 17.1 Å². The number of methoxy groups -OCH3 is 1. The number of benzene rings is 2. The molecule has 4 rings (SSSR count). The highest BCUT2D eigenvalue weighted by molar-refractivity contribution is 5.92. The molecular weight excluding hydrogens is 290 g/mol. The van der Waals surface area contributed by atoms with Gasteiger partial charge in [-0.25, -0.2) is 14.3 Å². The summed E-state index contributed by atoms with van der Waals surface area (Å²) in [5.74, 6) is 1.61. The number of nitrogens with one attached hydrogen (secondary N) is 1. The number of carbonyl (C=O) groups is 1. The van der Waals surface area contributed by atoms with Crippen LogP contribution in [0, 0.1) is 6.92 Å². The number of aromatic nitrogens is 2. The molecule has 1 amide bonds. The van der Waals surface area contributed by atoms with Crippen LogP contribution in [0.2, 0.25) is 0 Å². The Kier molecular flexibility index (Phi) is 3.08. The molecule has 2 aromatic carbocycles. The lowest BCUT2D eigenvalue weighted by molar-refractivity contribution is 0.245. The van der Waals surface area contributed by atoms with Gasteiger partial charge < -0.3 is 10.1 Å². The van der Waals surface area contributed by atoms with Gasteiger partial charge in [0.25, 0.3) is 0 Å². The van der Waals surface area contributed by atoms with Gasteiger partial charge in [0.15, 0.2) is 0 Å². The lowest BCUT2D eigenvalue weighted by Gasteiger charge is -2.09. The van der Waals surface area contributed by atoms with Crippen LogP contribution in [0.3, 0.4) is 0 Å². The van der Waals surface area contributed by atoms with E-state index in [1.165, 1.54) is 0 Å². The summed E-state index contributed by atoms with van der Waals surface area (Å²) in [4.78, 5) is 17.0. The van der Waals surface area contributed by atoms with Crippen molar-refractivity contribution in [3.05, 3.63) is 59.4 Å². The first kappa shape index (κ1) is 13.8. The van der Waals surface area contributed by atoms with Crippen molar-refractivity contribution < 1.29 is 9.53 Å². The molecule has 5 nitrogen and oxygen atoms in total. The minimum atomic E-state index is -0.108. The number of amides is 1. The zero-order valence-electron chi connectivity index (χ0n) is 13.0. The predicted octanol–water partition coefficient (Wildman–Crippen LogP) is 3.21. The summed E-state index contributed by atoms with van der Waals surface area (Å²) in [5.41, 5.74) is 3.98. The van der Waals surface area contributed by atoms with Gasteiger partial charge in [0, 0.05) is 0 Å². The van der Waals surface area contributed by atoms with Crippen molar-refractivity contribution in [2.24, 2.45) is 0 Å². The third-order valence-corrected chi connectivity index (χ3v) is 4.25. The van der Waals surface area contributed by atoms with Crippen LogP contribution < -0.4 is 10.1 Å². The topological polar surface area (TPSA) is 56.1 Å². The average Bonchev–Trinajstić information content (AvgIpc) is 3.06. The number of rotatable bonds is 3. The van der Waals surface area contributed by atoms with Gasteiger partial charge in [0.2, 0.25) is 0 Å². The van der Waals surface area contributed by atoms with E-state index in [1.54, 1.807) is 11.7 Å². The highest BCUT2D eigenvalue weighted by atomic mass is 16.5. The molecule has 0 unspecified atom stereocenters. The van der Waals surface area contributed by atoms with Gasteiger partial charge >= 0.3 is 6.03 Å². The van der Waals surface area contributed by atoms with Gasteiger partial charge in [-0.3, -0.25) is 0 Å². The first-order valence-corrected chi connectivity index (χ1v) is 7.58. The molecule has 116 valence electrons. The van der Waals surface area contributed by atoms with E-state index in [-0.39, 0.29) is 12.1 Å². The number of aryl methyl sites for hydroxylation is 1. The number of fused-ring (bicyclic) bond motifs is 3. The molecule has 1 N–H and O–H groups in total. The average molecular weight is 307 g/mol. The second kappa shape index (κ2) is 5.12. The molecule has 0 saturated carbocycles. The Morgan fingerprint density at radius 2 is 2.00 bits per heavy atom. The summed E-state index contributed by atoms with van der Waals surface area (Å²) < 4.78 is 6.87. The Morgan fingerprint density at radius 3 is 2.74 bits per heavy atom. The smallest absolute Gasteiger partial charge is 0.328 e. The highest BCUT2D eigenvalue weighted by Gasteiger charge is 2.32. The number of imidazole rings is 1. The van der Waals surface area contributed by atoms with E-state index in [4.69, 9.17) is 4.74 Å². The van der Waals surface area contributed by atoms with Crippen molar-refractivity contribution in [3.63, 3.8) is 0 Å². The molecular formula is C18H17N3O2. The van der Waals surface area contributed by atoms with Crippen LogP contribution in [-0.4, -0.2) is 22.7 Å². The van der Waals surface area contributed by atoms with Crippen LogP contribution >= 0.6 is 0 Å². The molecule has 1 aliphatic rings. The number of ether oxygens (including phenoxy) is 1. The van der Waals surface area contributed by atoms with Crippen molar-refractivity contribution in [1.29, 1.82) is 0 Å². The Labute approximate surface area is 133 Å². The number of hydrogen-bond acceptors (Lipinski definition) is 3. The van der Waals surface area contributed by atoms with E-state index in [2.05, 4.69) is 10.3 Å². The largest absolute Gasteiger partial charge is 0.497 e. The van der Waals surface area contributed by atoms with Gasteiger partial charge in [-0.2, -0.15) is 0 Å². The standard InChI is InChI=1S/C18H17N3O2/c1-11-3-8-14-16(9-11)21-17(19-14)15(20-18(21)22)10-12-4-6-13(23-2)7-5-12/h3-9,15H,10H2,1-2H3,(H,20,22)/t15-/m1/s1. The van der Waals surface area contributed by atoms with E-state index >= 15 is 0 Å². The van der Waals surface area contributed by atoms with E-state index in [0.717, 1.165) is 33.7 Å². The molecule has 0 spiro atoms. The van der Waals surface area contributed by atoms with Crippen molar-refractivity contribution in [2.75, 3.05) is 7.11 Å². The van der Waals surface area contributed by atoms with E-state index in [0.29, 0.717) is 6.42 Å². The van der Waals surface area contributed by atoms with Gasteiger partial charge in [-0.15, -0.1) is 0 Å². The Hall–Kier alpha value is -2.82. The minimum absolute atomic E-state index is 0.105. The summed E-state index contributed by atoms with van der Waals surface area (Å²) >= 11 is 0. The van der Waals surface area contributed by atoms with Gasteiger partial charge in [-0.1, -0.05) is 18.2 Å². The normalized spacial score (nSPS) is 16.4. The Balaban J connectivity index is 1.70. The maximum Gasteiger partial charge on any atom is 0.328 e. The first-order valence-electron chi connectivity index (χ1n) is 7.58. The monoisotopic (exact) mass is 307 g/mol. The van der Waals surface area contributed by atoms with E-state index in [9.17, 15) is 4.79 Å².